The Labute approximate surface area is 131 Å². The third-order valence-corrected chi connectivity index (χ3v) is 8.25. The van der Waals surface area contributed by atoms with Gasteiger partial charge in [-0.1, -0.05) is 83.2 Å². The summed E-state index contributed by atoms with van der Waals surface area (Å²) in [4.78, 5) is 2.84. The van der Waals surface area contributed by atoms with Crippen LogP contribution in [0.5, 0.6) is 0 Å². The van der Waals surface area contributed by atoms with Gasteiger partial charge >= 0.3 is 0 Å². The van der Waals surface area contributed by atoms with Gasteiger partial charge in [0.1, 0.15) is 0 Å². The minimum absolute atomic E-state index is 0.876. The molecule has 1 heterocycles. The van der Waals surface area contributed by atoms with E-state index in [1.165, 1.54) is 30.9 Å². The highest BCUT2D eigenvalue weighted by atomic mass is 32.2. The molecule has 0 fully saturated rings. The first-order chi connectivity index (χ1) is 10.3. The first-order valence-electron chi connectivity index (χ1n) is 7.13. The molecule has 2 heteroatoms. The molecule has 0 N–H and O–H groups in total. The lowest BCUT2D eigenvalue weighted by Gasteiger charge is -2.26. The maximum Gasteiger partial charge on any atom is 0.157 e. The van der Waals surface area contributed by atoms with Crippen LogP contribution in [0, 0.1) is 6.92 Å². The van der Waals surface area contributed by atoms with E-state index in [1.807, 2.05) is 11.8 Å². The maximum absolute atomic E-state index is 2.31. The minimum Gasteiger partial charge on any atom is -0.0903 e. The van der Waals surface area contributed by atoms with Crippen LogP contribution in [0.3, 0.4) is 0 Å². The second kappa shape index (κ2) is 5.21. The molecule has 0 saturated heterocycles. The lowest BCUT2D eigenvalue weighted by molar-refractivity contribution is 1.43. The summed E-state index contributed by atoms with van der Waals surface area (Å²) in [7, 11) is -0.876. The third kappa shape index (κ3) is 2.25. The number of aryl methyl sites for hydroxylation is 1. The molecule has 1 radical (unpaired) electrons. The second-order valence-electron chi connectivity index (χ2n) is 5.34. The maximum atomic E-state index is 2.31. The molecule has 1 aliphatic heterocycles. The van der Waals surface area contributed by atoms with Gasteiger partial charge in [-0.05, 0) is 29.4 Å². The van der Waals surface area contributed by atoms with Crippen LogP contribution in [0.25, 0.3) is 0 Å². The summed E-state index contributed by atoms with van der Waals surface area (Å²) >= 11 is 1.91. The Morgan fingerprint density at radius 2 is 1.19 bits per heavy atom. The average Bonchev–Trinajstić information content (AvgIpc) is 2.53. The predicted molar refractivity (Wildman–Crippen MR) is 92.8 cm³/mol. The molecule has 0 amide bonds. The fraction of sp³-hybridized carbons (Fsp3) is 0.0526. The topological polar surface area (TPSA) is 0 Å². The summed E-state index contributed by atoms with van der Waals surface area (Å²) < 4.78 is 0. The molecule has 0 bridgehead atoms. The van der Waals surface area contributed by atoms with E-state index in [0.29, 0.717) is 0 Å². The van der Waals surface area contributed by atoms with Crippen molar-refractivity contribution in [3.8, 4) is 0 Å². The van der Waals surface area contributed by atoms with Crippen LogP contribution in [0.1, 0.15) is 5.56 Å². The first-order valence-corrected chi connectivity index (χ1v) is 9.45. The Morgan fingerprint density at radius 1 is 0.667 bits per heavy atom. The molecular weight excluding hydrogens is 288 g/mol. The van der Waals surface area contributed by atoms with Crippen molar-refractivity contribution < 1.29 is 0 Å². The van der Waals surface area contributed by atoms with Gasteiger partial charge in [-0.2, -0.15) is 0 Å². The van der Waals surface area contributed by atoms with E-state index in [0.717, 1.165) is 0 Å². The van der Waals surface area contributed by atoms with Crippen LogP contribution in [-0.2, 0) is 0 Å². The van der Waals surface area contributed by atoms with Crippen LogP contribution in [0.4, 0.5) is 0 Å². The van der Waals surface area contributed by atoms with Crippen LogP contribution < -0.4 is 15.6 Å². The monoisotopic (exact) mass is 303 g/mol. The molecule has 4 rings (SSSR count). The van der Waals surface area contributed by atoms with Crippen molar-refractivity contribution in [1.29, 1.82) is 0 Å². The molecule has 3 aromatic carbocycles. The van der Waals surface area contributed by atoms with Crippen molar-refractivity contribution in [2.45, 2.75) is 16.7 Å². The summed E-state index contributed by atoms with van der Waals surface area (Å²) in [5.41, 5.74) is 1.33. The number of hydrogen-bond donors (Lipinski definition) is 0. The van der Waals surface area contributed by atoms with Crippen molar-refractivity contribution in [3.63, 3.8) is 0 Å². The van der Waals surface area contributed by atoms with E-state index in [1.54, 1.807) is 0 Å². The fourth-order valence-corrected chi connectivity index (χ4v) is 7.22. The SMILES string of the molecule is Cc1ccc([Si]2c3ccccc3Sc3ccccc32)cc1. The molecular formula is C19H15SSi. The zero-order valence-electron chi connectivity index (χ0n) is 11.8. The number of benzene rings is 3. The van der Waals surface area contributed by atoms with Gasteiger partial charge in [0.2, 0.25) is 0 Å². The molecule has 101 valence electrons. The van der Waals surface area contributed by atoms with E-state index in [-0.39, 0.29) is 0 Å². The number of rotatable bonds is 1. The van der Waals surface area contributed by atoms with Gasteiger partial charge in [0, 0.05) is 9.79 Å². The summed E-state index contributed by atoms with van der Waals surface area (Å²) in [5, 5.41) is 4.52. The van der Waals surface area contributed by atoms with Crippen molar-refractivity contribution in [1.82, 2.24) is 0 Å². The zero-order chi connectivity index (χ0) is 14.2. The van der Waals surface area contributed by atoms with Crippen molar-refractivity contribution in [2.75, 3.05) is 0 Å². The summed E-state index contributed by atoms with van der Waals surface area (Å²) in [6.45, 7) is 2.15. The van der Waals surface area contributed by atoms with Gasteiger partial charge in [-0.25, -0.2) is 0 Å². The predicted octanol–water partition coefficient (Wildman–Crippen LogP) is 2.98. The Morgan fingerprint density at radius 3 is 1.76 bits per heavy atom. The van der Waals surface area contributed by atoms with Gasteiger partial charge in [0.25, 0.3) is 0 Å². The van der Waals surface area contributed by atoms with Gasteiger partial charge in [0.15, 0.2) is 8.80 Å². The Balaban J connectivity index is 1.95. The standard InChI is InChI=1S/C19H15SSi/c1-14-10-12-15(13-11-14)21-18-8-4-2-6-16(18)20-17-7-3-5-9-19(17)21/h2-13H,1H3. The molecule has 21 heavy (non-hydrogen) atoms. The molecule has 0 aliphatic carbocycles. The van der Waals surface area contributed by atoms with Gasteiger partial charge in [0.05, 0.1) is 0 Å². The highest BCUT2D eigenvalue weighted by molar-refractivity contribution is 8.00. The van der Waals surface area contributed by atoms with Crippen LogP contribution in [0.2, 0.25) is 0 Å². The van der Waals surface area contributed by atoms with Crippen LogP contribution >= 0.6 is 11.8 Å². The summed E-state index contributed by atoms with van der Waals surface area (Å²) in [6.07, 6.45) is 0. The molecule has 0 saturated carbocycles. The number of fused-ring (bicyclic) bond motifs is 2. The summed E-state index contributed by atoms with van der Waals surface area (Å²) in [5.74, 6) is 0. The van der Waals surface area contributed by atoms with Crippen molar-refractivity contribution >= 4 is 36.1 Å². The quantitative estimate of drug-likeness (QED) is 0.487. The van der Waals surface area contributed by atoms with E-state index in [2.05, 4.69) is 79.7 Å². The minimum atomic E-state index is -0.876. The van der Waals surface area contributed by atoms with Gasteiger partial charge in [-0.15, -0.1) is 0 Å². The average molecular weight is 303 g/mol. The van der Waals surface area contributed by atoms with E-state index in [4.69, 9.17) is 0 Å². The van der Waals surface area contributed by atoms with Crippen molar-refractivity contribution in [3.05, 3.63) is 78.4 Å². The van der Waals surface area contributed by atoms with Gasteiger partial charge < -0.3 is 0 Å². The molecule has 0 spiro atoms. The van der Waals surface area contributed by atoms with Crippen molar-refractivity contribution in [2.24, 2.45) is 0 Å². The van der Waals surface area contributed by atoms with Crippen LogP contribution in [0.15, 0.2) is 82.6 Å². The smallest absolute Gasteiger partial charge is 0.0903 e. The van der Waals surface area contributed by atoms with E-state index >= 15 is 0 Å². The molecule has 0 atom stereocenters. The van der Waals surface area contributed by atoms with Gasteiger partial charge in [-0.3, -0.25) is 0 Å². The fourth-order valence-electron chi connectivity index (χ4n) is 2.82. The van der Waals surface area contributed by atoms with E-state index < -0.39 is 8.80 Å². The normalized spacial score (nSPS) is 13.6. The largest absolute Gasteiger partial charge is 0.157 e. The summed E-state index contributed by atoms with van der Waals surface area (Å²) in [6, 6.07) is 26.9. The number of hydrogen-bond acceptors (Lipinski definition) is 1. The Kier molecular flexibility index (Phi) is 3.21. The molecule has 1 aliphatic rings. The lowest BCUT2D eigenvalue weighted by Crippen LogP contribution is -2.55. The highest BCUT2D eigenvalue weighted by Crippen LogP contribution is 2.29. The highest BCUT2D eigenvalue weighted by Gasteiger charge is 2.28. The molecule has 0 nitrogen and oxygen atoms in total. The second-order valence-corrected chi connectivity index (χ2v) is 8.82. The Hall–Kier alpha value is -1.77. The van der Waals surface area contributed by atoms with E-state index in [9.17, 15) is 0 Å². The zero-order valence-corrected chi connectivity index (χ0v) is 13.7. The molecule has 3 aromatic rings. The Bertz CT molecular complexity index is 747. The molecule has 0 aromatic heterocycles. The third-order valence-electron chi connectivity index (χ3n) is 3.87. The van der Waals surface area contributed by atoms with Crippen LogP contribution in [-0.4, -0.2) is 8.80 Å². The first kappa shape index (κ1) is 12.9. The molecule has 0 unspecified atom stereocenters. The lowest BCUT2D eigenvalue weighted by atomic mass is 10.2.